The average Bonchev–Trinajstić information content (AvgIpc) is 2.80. The van der Waals surface area contributed by atoms with Gasteiger partial charge in [0.15, 0.2) is 0 Å². The van der Waals surface area contributed by atoms with E-state index < -0.39 is 23.3 Å². The predicted molar refractivity (Wildman–Crippen MR) is 76.3 cm³/mol. The van der Waals surface area contributed by atoms with E-state index in [1.807, 2.05) is 0 Å². The number of amides is 2. The van der Waals surface area contributed by atoms with E-state index in [-0.39, 0.29) is 12.3 Å². The van der Waals surface area contributed by atoms with Gasteiger partial charge in [0.2, 0.25) is 11.8 Å². The van der Waals surface area contributed by atoms with Crippen molar-refractivity contribution in [3.8, 4) is 0 Å². The third-order valence-corrected chi connectivity index (χ3v) is 4.91. The summed E-state index contributed by atoms with van der Waals surface area (Å²) in [6, 6.07) is -0.561. The molecule has 21 heavy (non-hydrogen) atoms. The second-order valence-electron chi connectivity index (χ2n) is 6.32. The standard InChI is InChI=1S/C15H24N2O4/c16-13(19)11-6-5-9-17(11)12(18)10-15(14(20)21)7-3-1-2-4-8-15/h11H,1-10H2,(H2,16,19)(H,20,21). The van der Waals surface area contributed by atoms with Crippen molar-refractivity contribution >= 4 is 17.8 Å². The largest absolute Gasteiger partial charge is 0.481 e. The van der Waals surface area contributed by atoms with Crippen molar-refractivity contribution < 1.29 is 19.5 Å². The van der Waals surface area contributed by atoms with Crippen molar-refractivity contribution in [2.75, 3.05) is 6.54 Å². The van der Waals surface area contributed by atoms with Gasteiger partial charge >= 0.3 is 5.97 Å². The molecule has 2 fully saturated rings. The molecule has 3 N–H and O–H groups in total. The van der Waals surface area contributed by atoms with Crippen LogP contribution < -0.4 is 5.73 Å². The molecular weight excluding hydrogens is 272 g/mol. The van der Waals surface area contributed by atoms with Crippen LogP contribution in [-0.4, -0.2) is 40.4 Å². The second kappa shape index (κ2) is 6.45. The van der Waals surface area contributed by atoms with E-state index in [1.165, 1.54) is 4.90 Å². The minimum absolute atomic E-state index is 0.00782. The summed E-state index contributed by atoms with van der Waals surface area (Å²) < 4.78 is 0. The molecule has 118 valence electrons. The lowest BCUT2D eigenvalue weighted by molar-refractivity contribution is -0.155. The van der Waals surface area contributed by atoms with Gasteiger partial charge in [-0.1, -0.05) is 25.7 Å². The van der Waals surface area contributed by atoms with Gasteiger partial charge in [-0.05, 0) is 25.7 Å². The second-order valence-corrected chi connectivity index (χ2v) is 6.32. The van der Waals surface area contributed by atoms with Crippen LogP contribution in [0.4, 0.5) is 0 Å². The number of rotatable bonds is 4. The Morgan fingerprint density at radius 2 is 1.71 bits per heavy atom. The summed E-state index contributed by atoms with van der Waals surface area (Å²) in [5, 5.41) is 9.62. The lowest BCUT2D eigenvalue weighted by Gasteiger charge is -2.31. The van der Waals surface area contributed by atoms with Gasteiger partial charge in [0.1, 0.15) is 6.04 Å². The van der Waals surface area contributed by atoms with Gasteiger partial charge < -0.3 is 15.7 Å². The van der Waals surface area contributed by atoms with Crippen LogP contribution in [-0.2, 0) is 14.4 Å². The molecule has 1 aliphatic heterocycles. The van der Waals surface area contributed by atoms with E-state index in [0.717, 1.165) is 32.1 Å². The highest BCUT2D eigenvalue weighted by Gasteiger charge is 2.43. The lowest BCUT2D eigenvalue weighted by Crippen LogP contribution is -2.46. The quantitative estimate of drug-likeness (QED) is 0.763. The van der Waals surface area contributed by atoms with Gasteiger partial charge in [0.25, 0.3) is 0 Å². The molecule has 0 aromatic heterocycles. The number of hydrogen-bond acceptors (Lipinski definition) is 3. The molecule has 0 aromatic rings. The number of carboxylic acids is 1. The number of likely N-dealkylation sites (tertiary alicyclic amines) is 1. The van der Waals surface area contributed by atoms with Gasteiger partial charge in [0.05, 0.1) is 5.41 Å². The van der Waals surface area contributed by atoms with Gasteiger partial charge in [-0.25, -0.2) is 0 Å². The molecule has 1 unspecified atom stereocenters. The molecule has 0 radical (unpaired) electrons. The zero-order chi connectivity index (χ0) is 15.5. The zero-order valence-electron chi connectivity index (χ0n) is 12.3. The van der Waals surface area contributed by atoms with E-state index in [9.17, 15) is 19.5 Å². The van der Waals surface area contributed by atoms with Crippen molar-refractivity contribution in [1.82, 2.24) is 4.90 Å². The molecule has 2 rings (SSSR count). The Balaban J connectivity index is 2.11. The van der Waals surface area contributed by atoms with Crippen LogP contribution in [0.15, 0.2) is 0 Å². The van der Waals surface area contributed by atoms with Crippen LogP contribution in [0.2, 0.25) is 0 Å². The summed E-state index contributed by atoms with van der Waals surface area (Å²) in [5.74, 6) is -1.61. The van der Waals surface area contributed by atoms with Crippen molar-refractivity contribution in [3.63, 3.8) is 0 Å². The molecule has 0 bridgehead atoms. The van der Waals surface area contributed by atoms with Crippen LogP contribution >= 0.6 is 0 Å². The summed E-state index contributed by atoms with van der Waals surface area (Å²) >= 11 is 0. The Hall–Kier alpha value is -1.59. The first-order valence-electron chi connectivity index (χ1n) is 7.78. The Bertz CT molecular complexity index is 427. The predicted octanol–water partition coefficient (Wildman–Crippen LogP) is 1.28. The van der Waals surface area contributed by atoms with Crippen LogP contribution in [0.25, 0.3) is 0 Å². The number of nitrogens with zero attached hydrogens (tertiary/aromatic N) is 1. The highest BCUT2D eigenvalue weighted by atomic mass is 16.4. The fourth-order valence-corrected chi connectivity index (χ4v) is 3.62. The van der Waals surface area contributed by atoms with Crippen molar-refractivity contribution in [2.45, 2.75) is 63.8 Å². The monoisotopic (exact) mass is 296 g/mol. The fourth-order valence-electron chi connectivity index (χ4n) is 3.62. The van der Waals surface area contributed by atoms with Gasteiger partial charge in [-0.2, -0.15) is 0 Å². The number of aliphatic carboxylic acids is 1. The van der Waals surface area contributed by atoms with Gasteiger partial charge in [-0.15, -0.1) is 0 Å². The Morgan fingerprint density at radius 1 is 1.10 bits per heavy atom. The zero-order valence-corrected chi connectivity index (χ0v) is 12.3. The normalized spacial score (nSPS) is 25.3. The Morgan fingerprint density at radius 3 is 2.24 bits per heavy atom. The van der Waals surface area contributed by atoms with Crippen LogP contribution in [0.5, 0.6) is 0 Å². The van der Waals surface area contributed by atoms with Crippen molar-refractivity contribution in [3.05, 3.63) is 0 Å². The van der Waals surface area contributed by atoms with Crippen LogP contribution in [0, 0.1) is 5.41 Å². The van der Waals surface area contributed by atoms with E-state index >= 15 is 0 Å². The minimum Gasteiger partial charge on any atom is -0.481 e. The maximum Gasteiger partial charge on any atom is 0.310 e. The molecule has 1 heterocycles. The highest BCUT2D eigenvalue weighted by Crippen LogP contribution is 2.39. The summed E-state index contributed by atoms with van der Waals surface area (Å²) in [7, 11) is 0. The van der Waals surface area contributed by atoms with Crippen LogP contribution in [0.1, 0.15) is 57.8 Å². The summed E-state index contributed by atoms with van der Waals surface area (Å²) in [5.41, 5.74) is 4.37. The number of carbonyl (C=O) groups is 3. The number of primary amides is 1. The molecule has 1 saturated carbocycles. The molecule has 0 spiro atoms. The van der Waals surface area contributed by atoms with E-state index in [0.29, 0.717) is 25.8 Å². The topological polar surface area (TPSA) is 101 Å². The van der Waals surface area contributed by atoms with Gasteiger partial charge in [-0.3, -0.25) is 14.4 Å². The minimum atomic E-state index is -0.960. The highest BCUT2D eigenvalue weighted by molar-refractivity contribution is 5.90. The Kier molecular flexibility index (Phi) is 4.85. The maximum absolute atomic E-state index is 12.5. The molecule has 1 saturated heterocycles. The smallest absolute Gasteiger partial charge is 0.310 e. The van der Waals surface area contributed by atoms with E-state index in [2.05, 4.69) is 0 Å². The number of hydrogen-bond donors (Lipinski definition) is 2. The summed E-state index contributed by atoms with van der Waals surface area (Å²) in [6.45, 7) is 0.502. The summed E-state index contributed by atoms with van der Waals surface area (Å²) in [4.78, 5) is 37.1. The Labute approximate surface area is 124 Å². The third kappa shape index (κ3) is 3.36. The molecule has 1 atom stereocenters. The molecular formula is C15H24N2O4. The number of nitrogens with two attached hydrogens (primary N) is 1. The molecule has 2 amide bonds. The molecule has 6 nitrogen and oxygen atoms in total. The lowest BCUT2D eigenvalue weighted by atomic mass is 9.77. The SMILES string of the molecule is NC(=O)C1CCCN1C(=O)CC1(C(=O)O)CCCCCC1. The molecule has 0 aromatic carbocycles. The van der Waals surface area contributed by atoms with Crippen molar-refractivity contribution in [2.24, 2.45) is 11.1 Å². The average molecular weight is 296 g/mol. The van der Waals surface area contributed by atoms with Gasteiger partial charge in [0, 0.05) is 13.0 Å². The fraction of sp³-hybridized carbons (Fsp3) is 0.800. The molecule has 2 aliphatic rings. The third-order valence-electron chi connectivity index (χ3n) is 4.91. The first-order valence-corrected chi connectivity index (χ1v) is 7.78. The number of carboxylic acid groups (broad SMARTS) is 1. The van der Waals surface area contributed by atoms with E-state index in [1.54, 1.807) is 0 Å². The van der Waals surface area contributed by atoms with Crippen LogP contribution in [0.3, 0.4) is 0 Å². The molecule has 1 aliphatic carbocycles. The van der Waals surface area contributed by atoms with E-state index in [4.69, 9.17) is 5.73 Å². The number of carbonyl (C=O) groups excluding carboxylic acids is 2. The van der Waals surface area contributed by atoms with Crippen molar-refractivity contribution in [1.29, 1.82) is 0 Å². The maximum atomic E-state index is 12.5. The molecule has 6 heteroatoms. The summed E-state index contributed by atoms with van der Waals surface area (Å²) in [6.07, 6.45) is 6.16. The first-order chi connectivity index (χ1) is 9.96. The first kappa shape index (κ1) is 15.8.